The average Bonchev–Trinajstić information content (AvgIpc) is 2.71. The van der Waals surface area contributed by atoms with Crippen LogP contribution in [0.25, 0.3) is 11.0 Å². The molecule has 0 fully saturated rings. The Morgan fingerprint density at radius 3 is 2.60 bits per heavy atom. The number of carbonyl (C=O) groups is 2. The van der Waals surface area contributed by atoms with E-state index in [0.29, 0.717) is 22.2 Å². The molecule has 0 saturated heterocycles. The van der Waals surface area contributed by atoms with Crippen molar-refractivity contribution in [2.45, 2.75) is 13.5 Å². The maximum absolute atomic E-state index is 12.4. The smallest absolute Gasteiger partial charge is 0.411 e. The number of fused-ring (bicyclic) bond motifs is 1. The third kappa shape index (κ3) is 4.96. The SMILES string of the molecule is CCOC(=O)Nc1ccc2c(COC(=O)c3cccc(N(C)C)c3)cc(=O)oc2c1. The van der Waals surface area contributed by atoms with Gasteiger partial charge in [-0.05, 0) is 37.3 Å². The summed E-state index contributed by atoms with van der Waals surface area (Å²) in [6.07, 6.45) is -0.607. The van der Waals surface area contributed by atoms with Crippen LogP contribution in [-0.4, -0.2) is 32.8 Å². The van der Waals surface area contributed by atoms with Crippen molar-refractivity contribution in [1.29, 1.82) is 0 Å². The molecule has 30 heavy (non-hydrogen) atoms. The van der Waals surface area contributed by atoms with E-state index >= 15 is 0 Å². The molecule has 0 spiro atoms. The lowest BCUT2D eigenvalue weighted by Gasteiger charge is -2.13. The first-order valence-electron chi connectivity index (χ1n) is 9.32. The first kappa shape index (κ1) is 20.9. The number of carbonyl (C=O) groups excluding carboxylic acids is 2. The van der Waals surface area contributed by atoms with Crippen molar-refractivity contribution < 1.29 is 23.5 Å². The summed E-state index contributed by atoms with van der Waals surface area (Å²) < 4.78 is 15.5. The lowest BCUT2D eigenvalue weighted by molar-refractivity contribution is 0.0474. The molecular formula is C22H22N2O6. The normalized spacial score (nSPS) is 10.5. The number of hydrogen-bond donors (Lipinski definition) is 1. The molecule has 0 radical (unpaired) electrons. The molecule has 0 atom stereocenters. The van der Waals surface area contributed by atoms with Crippen LogP contribution in [0.15, 0.2) is 57.7 Å². The van der Waals surface area contributed by atoms with Gasteiger partial charge in [0.2, 0.25) is 0 Å². The van der Waals surface area contributed by atoms with Crippen LogP contribution in [-0.2, 0) is 16.1 Å². The number of esters is 1. The van der Waals surface area contributed by atoms with Crippen LogP contribution in [0, 0.1) is 0 Å². The summed E-state index contributed by atoms with van der Waals surface area (Å²) in [5, 5.41) is 3.14. The maximum atomic E-state index is 12.4. The molecule has 0 unspecified atom stereocenters. The van der Waals surface area contributed by atoms with E-state index in [9.17, 15) is 14.4 Å². The third-order valence-electron chi connectivity index (χ3n) is 4.31. The van der Waals surface area contributed by atoms with Crippen molar-refractivity contribution in [3.05, 3.63) is 70.1 Å². The Labute approximate surface area is 173 Å². The molecule has 0 bridgehead atoms. The van der Waals surface area contributed by atoms with Gasteiger partial charge in [0.05, 0.1) is 12.2 Å². The van der Waals surface area contributed by atoms with E-state index in [2.05, 4.69) is 5.32 Å². The van der Waals surface area contributed by atoms with Gasteiger partial charge in [-0.1, -0.05) is 6.07 Å². The quantitative estimate of drug-likeness (QED) is 0.488. The third-order valence-corrected chi connectivity index (χ3v) is 4.31. The highest BCUT2D eigenvalue weighted by molar-refractivity contribution is 5.92. The molecule has 156 valence electrons. The predicted molar refractivity (Wildman–Crippen MR) is 113 cm³/mol. The Kier molecular flexibility index (Phi) is 6.36. The fourth-order valence-electron chi connectivity index (χ4n) is 2.85. The van der Waals surface area contributed by atoms with Crippen molar-refractivity contribution >= 4 is 34.4 Å². The van der Waals surface area contributed by atoms with E-state index in [0.717, 1.165) is 5.69 Å². The molecular weight excluding hydrogens is 388 g/mol. The Bertz CT molecular complexity index is 1140. The minimum absolute atomic E-state index is 0.0994. The van der Waals surface area contributed by atoms with Crippen LogP contribution < -0.4 is 15.8 Å². The Morgan fingerprint density at radius 1 is 1.07 bits per heavy atom. The zero-order chi connectivity index (χ0) is 21.7. The average molecular weight is 410 g/mol. The molecule has 1 heterocycles. The van der Waals surface area contributed by atoms with E-state index in [1.807, 2.05) is 25.1 Å². The molecule has 0 saturated carbocycles. The summed E-state index contributed by atoms with van der Waals surface area (Å²) in [6, 6.07) is 13.2. The topological polar surface area (TPSA) is 98.1 Å². The maximum Gasteiger partial charge on any atom is 0.411 e. The largest absolute Gasteiger partial charge is 0.457 e. The number of nitrogens with one attached hydrogen (secondary N) is 1. The van der Waals surface area contributed by atoms with Gasteiger partial charge in [0.25, 0.3) is 0 Å². The molecule has 1 N–H and O–H groups in total. The minimum atomic E-state index is -0.607. The number of nitrogens with zero attached hydrogens (tertiary/aromatic N) is 1. The van der Waals surface area contributed by atoms with Gasteiger partial charge < -0.3 is 18.8 Å². The van der Waals surface area contributed by atoms with Crippen molar-refractivity contribution in [2.24, 2.45) is 0 Å². The Balaban J connectivity index is 1.80. The number of ether oxygens (including phenoxy) is 2. The summed E-state index contributed by atoms with van der Waals surface area (Å²) in [6.45, 7) is 1.84. The summed E-state index contributed by atoms with van der Waals surface area (Å²) in [5.74, 6) is -0.499. The van der Waals surface area contributed by atoms with Gasteiger partial charge in [-0.25, -0.2) is 14.4 Å². The van der Waals surface area contributed by atoms with Crippen LogP contribution >= 0.6 is 0 Å². The molecule has 8 heteroatoms. The molecule has 1 amide bonds. The van der Waals surface area contributed by atoms with Gasteiger partial charge in [-0.3, -0.25) is 5.32 Å². The zero-order valence-corrected chi connectivity index (χ0v) is 16.9. The summed E-state index contributed by atoms with van der Waals surface area (Å²) in [7, 11) is 3.76. The highest BCUT2D eigenvalue weighted by Gasteiger charge is 2.13. The lowest BCUT2D eigenvalue weighted by Crippen LogP contribution is -2.13. The second-order valence-electron chi connectivity index (χ2n) is 6.67. The van der Waals surface area contributed by atoms with E-state index < -0.39 is 17.7 Å². The zero-order valence-electron chi connectivity index (χ0n) is 16.9. The Hall–Kier alpha value is -3.81. The summed E-state index contributed by atoms with van der Waals surface area (Å²) in [5.41, 5.74) is 1.87. The fourth-order valence-corrected chi connectivity index (χ4v) is 2.85. The molecule has 8 nitrogen and oxygen atoms in total. The van der Waals surface area contributed by atoms with Crippen LogP contribution in [0.5, 0.6) is 0 Å². The second-order valence-corrected chi connectivity index (χ2v) is 6.67. The van der Waals surface area contributed by atoms with E-state index in [4.69, 9.17) is 13.9 Å². The van der Waals surface area contributed by atoms with Gasteiger partial charge >= 0.3 is 17.7 Å². The van der Waals surface area contributed by atoms with Crippen LogP contribution in [0.3, 0.4) is 0 Å². The highest BCUT2D eigenvalue weighted by atomic mass is 16.5. The van der Waals surface area contributed by atoms with Gasteiger partial charge in [-0.15, -0.1) is 0 Å². The fraction of sp³-hybridized carbons (Fsp3) is 0.227. The molecule has 3 aromatic rings. The minimum Gasteiger partial charge on any atom is -0.457 e. The Morgan fingerprint density at radius 2 is 1.87 bits per heavy atom. The van der Waals surface area contributed by atoms with E-state index in [-0.39, 0.29) is 18.8 Å². The van der Waals surface area contributed by atoms with Crippen LogP contribution in [0.1, 0.15) is 22.8 Å². The summed E-state index contributed by atoms with van der Waals surface area (Å²) in [4.78, 5) is 37.9. The van der Waals surface area contributed by atoms with E-state index in [1.54, 1.807) is 37.3 Å². The van der Waals surface area contributed by atoms with Crippen LogP contribution in [0.4, 0.5) is 16.2 Å². The monoisotopic (exact) mass is 410 g/mol. The van der Waals surface area contributed by atoms with Crippen molar-refractivity contribution in [2.75, 3.05) is 30.9 Å². The first-order valence-corrected chi connectivity index (χ1v) is 9.32. The number of amides is 1. The number of anilines is 2. The molecule has 1 aromatic heterocycles. The highest BCUT2D eigenvalue weighted by Crippen LogP contribution is 2.23. The van der Waals surface area contributed by atoms with Crippen LogP contribution in [0.2, 0.25) is 0 Å². The van der Waals surface area contributed by atoms with Crippen molar-refractivity contribution in [3.63, 3.8) is 0 Å². The van der Waals surface area contributed by atoms with E-state index in [1.165, 1.54) is 12.1 Å². The summed E-state index contributed by atoms with van der Waals surface area (Å²) >= 11 is 0. The predicted octanol–water partition coefficient (Wildman–Crippen LogP) is 3.78. The molecule has 2 aromatic carbocycles. The lowest BCUT2D eigenvalue weighted by atomic mass is 10.1. The van der Waals surface area contributed by atoms with Gasteiger partial charge in [-0.2, -0.15) is 0 Å². The number of benzene rings is 2. The molecule has 0 aliphatic carbocycles. The van der Waals surface area contributed by atoms with Gasteiger partial charge in [0.15, 0.2) is 0 Å². The molecule has 0 aliphatic rings. The second kappa shape index (κ2) is 9.13. The molecule has 0 aliphatic heterocycles. The van der Waals surface area contributed by atoms with Gasteiger partial charge in [0, 0.05) is 48.6 Å². The molecule has 3 rings (SSSR count). The van der Waals surface area contributed by atoms with Crippen molar-refractivity contribution in [3.8, 4) is 0 Å². The van der Waals surface area contributed by atoms with Crippen molar-refractivity contribution in [1.82, 2.24) is 0 Å². The van der Waals surface area contributed by atoms with Gasteiger partial charge in [0.1, 0.15) is 12.2 Å². The number of hydrogen-bond acceptors (Lipinski definition) is 7. The standard InChI is InChI=1S/C22H22N2O6/c1-4-28-22(27)23-16-8-9-18-15(11-20(25)30-19(18)12-16)13-29-21(26)14-6-5-7-17(10-14)24(2)3/h5-12H,4,13H2,1-3H3,(H,23,27). The number of rotatable bonds is 6. The first-order chi connectivity index (χ1) is 14.4.